The van der Waals surface area contributed by atoms with E-state index in [4.69, 9.17) is 10.4 Å². The first-order valence-corrected chi connectivity index (χ1v) is 4.96. The van der Waals surface area contributed by atoms with Crippen molar-refractivity contribution in [2.24, 2.45) is 5.10 Å². The number of carboxylic acid groups (broad SMARTS) is 1. The lowest BCUT2D eigenvalue weighted by Crippen LogP contribution is -2.34. The molecule has 0 bridgehead atoms. The van der Waals surface area contributed by atoms with Gasteiger partial charge in [-0.2, -0.15) is 10.4 Å². The third kappa shape index (κ3) is 4.08. The zero-order chi connectivity index (χ0) is 15.1. The van der Waals surface area contributed by atoms with Crippen molar-refractivity contribution in [1.29, 1.82) is 5.26 Å². The maximum absolute atomic E-state index is 11.2. The van der Waals surface area contributed by atoms with Crippen LogP contribution in [0.15, 0.2) is 29.4 Å². The quantitative estimate of drug-likeness (QED) is 0.414. The van der Waals surface area contributed by atoms with Gasteiger partial charge in [-0.05, 0) is 6.07 Å². The van der Waals surface area contributed by atoms with E-state index in [0.29, 0.717) is 0 Å². The standard InChI is InChI=1S/C10H7N5O5/c11-5-8(9(16)12-10(17)18)14-13-6-2-1-3-7(4-6)15(19)20/h1-4,13H,(H,12,16)(H,17,18)/b14-8-. The molecular weight excluding hydrogens is 270 g/mol. The zero-order valence-electron chi connectivity index (χ0n) is 9.73. The zero-order valence-corrected chi connectivity index (χ0v) is 9.73. The van der Waals surface area contributed by atoms with Gasteiger partial charge < -0.3 is 5.11 Å². The molecule has 20 heavy (non-hydrogen) atoms. The molecular formula is C10H7N5O5. The highest BCUT2D eigenvalue weighted by atomic mass is 16.6. The van der Waals surface area contributed by atoms with Crippen molar-refractivity contribution in [1.82, 2.24) is 5.32 Å². The van der Waals surface area contributed by atoms with E-state index in [2.05, 4.69) is 10.5 Å². The van der Waals surface area contributed by atoms with Crippen molar-refractivity contribution in [3.8, 4) is 6.07 Å². The van der Waals surface area contributed by atoms with Crippen LogP contribution in [0.4, 0.5) is 16.2 Å². The first-order chi connectivity index (χ1) is 9.43. The van der Waals surface area contributed by atoms with Crippen molar-refractivity contribution in [3.05, 3.63) is 34.4 Å². The largest absolute Gasteiger partial charge is 0.465 e. The predicted octanol–water partition coefficient (Wildman–Crippen LogP) is 0.680. The van der Waals surface area contributed by atoms with Gasteiger partial charge in [0, 0.05) is 12.1 Å². The number of rotatable bonds is 4. The van der Waals surface area contributed by atoms with E-state index in [1.54, 1.807) is 0 Å². The van der Waals surface area contributed by atoms with Gasteiger partial charge in [-0.25, -0.2) is 4.79 Å². The number of hydrogen-bond donors (Lipinski definition) is 3. The van der Waals surface area contributed by atoms with Crippen LogP contribution >= 0.6 is 0 Å². The minimum Gasteiger partial charge on any atom is -0.465 e. The van der Waals surface area contributed by atoms with Gasteiger partial charge >= 0.3 is 6.09 Å². The molecule has 3 N–H and O–H groups in total. The Labute approximate surface area is 111 Å². The maximum atomic E-state index is 11.2. The third-order valence-electron chi connectivity index (χ3n) is 1.90. The Hall–Kier alpha value is -3.48. The Morgan fingerprint density at radius 1 is 1.45 bits per heavy atom. The van der Waals surface area contributed by atoms with E-state index >= 15 is 0 Å². The Balaban J connectivity index is 2.87. The molecule has 0 aliphatic rings. The topological polar surface area (TPSA) is 158 Å². The molecule has 0 aliphatic carbocycles. The number of hydrogen-bond acceptors (Lipinski definition) is 7. The van der Waals surface area contributed by atoms with Gasteiger partial charge in [-0.15, -0.1) is 0 Å². The fraction of sp³-hybridized carbons (Fsp3) is 0. The second-order valence-electron chi connectivity index (χ2n) is 3.25. The molecule has 0 fully saturated rings. The molecule has 1 rings (SSSR count). The van der Waals surface area contributed by atoms with Crippen LogP contribution in [0.1, 0.15) is 0 Å². The second-order valence-corrected chi connectivity index (χ2v) is 3.25. The number of carbonyl (C=O) groups excluding carboxylic acids is 1. The number of nitro benzene ring substituents is 1. The minimum absolute atomic E-state index is 0.162. The lowest BCUT2D eigenvalue weighted by atomic mass is 10.3. The van der Waals surface area contributed by atoms with Gasteiger partial charge in [0.2, 0.25) is 5.71 Å². The first-order valence-electron chi connectivity index (χ1n) is 4.96. The van der Waals surface area contributed by atoms with Crippen LogP contribution in [-0.2, 0) is 4.79 Å². The number of anilines is 1. The number of nitriles is 1. The number of carbonyl (C=O) groups is 2. The first kappa shape index (κ1) is 14.6. The normalized spacial score (nSPS) is 10.2. The van der Waals surface area contributed by atoms with Crippen molar-refractivity contribution in [2.75, 3.05) is 5.43 Å². The van der Waals surface area contributed by atoms with Crippen LogP contribution in [0.25, 0.3) is 0 Å². The second kappa shape index (κ2) is 6.45. The molecule has 0 aliphatic heterocycles. The average Bonchev–Trinajstić information content (AvgIpc) is 2.39. The smallest absolute Gasteiger partial charge is 0.411 e. The van der Waals surface area contributed by atoms with E-state index < -0.39 is 22.6 Å². The molecule has 0 heterocycles. The predicted molar refractivity (Wildman–Crippen MR) is 65.9 cm³/mol. The van der Waals surface area contributed by atoms with E-state index in [1.807, 2.05) is 0 Å². The lowest BCUT2D eigenvalue weighted by molar-refractivity contribution is -0.384. The summed E-state index contributed by atoms with van der Waals surface area (Å²) in [5.41, 5.74) is 1.47. The summed E-state index contributed by atoms with van der Waals surface area (Å²) in [4.78, 5) is 31.3. The minimum atomic E-state index is -1.63. The van der Waals surface area contributed by atoms with Crippen molar-refractivity contribution >= 4 is 29.1 Å². The summed E-state index contributed by atoms with van der Waals surface area (Å²) >= 11 is 0. The summed E-state index contributed by atoms with van der Waals surface area (Å²) in [6, 6.07) is 6.56. The molecule has 0 saturated heterocycles. The van der Waals surface area contributed by atoms with Crippen LogP contribution in [0.2, 0.25) is 0 Å². The summed E-state index contributed by atoms with van der Waals surface area (Å²) in [6.07, 6.45) is -1.63. The molecule has 2 amide bonds. The van der Waals surface area contributed by atoms with Gasteiger partial charge in [-0.3, -0.25) is 25.7 Å². The molecule has 10 heteroatoms. The SMILES string of the molecule is N#C/C(=N/Nc1cccc([N+](=O)[O-])c1)C(=O)NC(=O)O. The van der Waals surface area contributed by atoms with E-state index in [0.717, 1.165) is 6.07 Å². The average molecular weight is 277 g/mol. The number of non-ortho nitro benzene ring substituents is 1. The summed E-state index contributed by atoms with van der Waals surface area (Å²) < 4.78 is 0. The Morgan fingerprint density at radius 2 is 2.15 bits per heavy atom. The van der Waals surface area contributed by atoms with E-state index in [1.165, 1.54) is 29.6 Å². The highest BCUT2D eigenvalue weighted by Crippen LogP contribution is 2.16. The highest BCUT2D eigenvalue weighted by molar-refractivity contribution is 6.46. The molecule has 10 nitrogen and oxygen atoms in total. The van der Waals surface area contributed by atoms with Gasteiger partial charge in [0.25, 0.3) is 11.6 Å². The van der Waals surface area contributed by atoms with Crippen molar-refractivity contribution in [2.45, 2.75) is 0 Å². The van der Waals surface area contributed by atoms with Gasteiger partial charge in [0.1, 0.15) is 6.07 Å². The fourth-order valence-corrected chi connectivity index (χ4v) is 1.09. The number of benzene rings is 1. The molecule has 1 aromatic rings. The summed E-state index contributed by atoms with van der Waals surface area (Å²) in [6.45, 7) is 0. The number of nitro groups is 1. The summed E-state index contributed by atoms with van der Waals surface area (Å²) in [5.74, 6) is -1.21. The molecule has 0 aromatic heterocycles. The monoisotopic (exact) mass is 277 g/mol. The van der Waals surface area contributed by atoms with Crippen LogP contribution in [-0.4, -0.2) is 27.7 Å². The van der Waals surface area contributed by atoms with E-state index in [9.17, 15) is 19.7 Å². The molecule has 0 atom stereocenters. The van der Waals surface area contributed by atoms with Crippen LogP contribution < -0.4 is 10.7 Å². The maximum Gasteiger partial charge on any atom is 0.411 e. The van der Waals surface area contributed by atoms with Gasteiger partial charge in [0.15, 0.2) is 0 Å². The van der Waals surface area contributed by atoms with Gasteiger partial charge in [-0.1, -0.05) is 6.07 Å². The van der Waals surface area contributed by atoms with E-state index in [-0.39, 0.29) is 11.4 Å². The molecule has 0 unspecified atom stereocenters. The van der Waals surface area contributed by atoms with Crippen LogP contribution in [0.5, 0.6) is 0 Å². The van der Waals surface area contributed by atoms with Crippen LogP contribution in [0.3, 0.4) is 0 Å². The Bertz CT molecular complexity index is 633. The van der Waals surface area contributed by atoms with Gasteiger partial charge in [0.05, 0.1) is 10.6 Å². The van der Waals surface area contributed by atoms with Crippen molar-refractivity contribution < 1.29 is 19.6 Å². The Kier molecular flexibility index (Phi) is 4.70. The summed E-state index contributed by atoms with van der Waals surface area (Å²) in [5, 5.41) is 32.3. The lowest BCUT2D eigenvalue weighted by Gasteiger charge is -2.01. The number of hydrazone groups is 1. The molecule has 0 radical (unpaired) electrons. The molecule has 102 valence electrons. The molecule has 0 saturated carbocycles. The van der Waals surface area contributed by atoms with Crippen LogP contribution in [0, 0.1) is 21.4 Å². The number of imide groups is 1. The number of nitrogens with one attached hydrogen (secondary N) is 2. The number of nitrogens with zero attached hydrogens (tertiary/aromatic N) is 3. The molecule has 1 aromatic carbocycles. The third-order valence-corrected chi connectivity index (χ3v) is 1.90. The molecule has 0 spiro atoms. The fourth-order valence-electron chi connectivity index (χ4n) is 1.09. The van der Waals surface area contributed by atoms with Crippen molar-refractivity contribution in [3.63, 3.8) is 0 Å². The Morgan fingerprint density at radius 3 is 2.70 bits per heavy atom. The highest BCUT2D eigenvalue weighted by Gasteiger charge is 2.14. The summed E-state index contributed by atoms with van der Waals surface area (Å²) in [7, 11) is 0. The number of amides is 2.